The van der Waals surface area contributed by atoms with E-state index < -0.39 is 11.6 Å². The Labute approximate surface area is 185 Å². The van der Waals surface area contributed by atoms with Crippen molar-refractivity contribution in [1.29, 1.82) is 0 Å². The maximum absolute atomic E-state index is 13.7. The molecule has 0 radical (unpaired) electrons. The summed E-state index contributed by atoms with van der Waals surface area (Å²) < 4.78 is 37.8. The van der Waals surface area contributed by atoms with Crippen LogP contribution >= 0.6 is 35.6 Å². The minimum absolute atomic E-state index is 0. The fourth-order valence-electron chi connectivity index (χ4n) is 2.42. The predicted octanol–water partition coefficient (Wildman–Crippen LogP) is 4.51. The molecule has 2 aromatic carbocycles. The molecule has 5 nitrogen and oxygen atoms in total. The monoisotopic (exact) mass is 525 g/mol. The summed E-state index contributed by atoms with van der Waals surface area (Å²) >= 11 is 6.26. The lowest BCUT2D eigenvalue weighted by Crippen LogP contribution is -2.36. The van der Waals surface area contributed by atoms with Crippen molar-refractivity contribution in [3.05, 3.63) is 58.1 Å². The number of hydrogen-bond donors (Lipinski definition) is 2. The minimum Gasteiger partial charge on any atom is -0.493 e. The van der Waals surface area contributed by atoms with Crippen molar-refractivity contribution in [3.8, 4) is 11.5 Å². The van der Waals surface area contributed by atoms with Crippen LogP contribution in [-0.4, -0.2) is 26.7 Å². The number of methoxy groups -OCH3 is 1. The van der Waals surface area contributed by atoms with E-state index in [1.165, 1.54) is 0 Å². The fourth-order valence-corrected chi connectivity index (χ4v) is 2.71. The number of benzene rings is 2. The van der Waals surface area contributed by atoms with Crippen LogP contribution in [0.15, 0.2) is 35.3 Å². The summed E-state index contributed by atoms with van der Waals surface area (Å²) in [5.74, 6) is 0.484. The van der Waals surface area contributed by atoms with Crippen LogP contribution in [0.25, 0.3) is 0 Å². The zero-order chi connectivity index (χ0) is 19.8. The number of halogens is 4. The summed E-state index contributed by atoms with van der Waals surface area (Å²) in [7, 11) is 3.13. The number of hydrogen-bond acceptors (Lipinski definition) is 3. The highest BCUT2D eigenvalue weighted by molar-refractivity contribution is 14.0. The first-order chi connectivity index (χ1) is 13.0. The molecular formula is C19H23ClF2IN3O2. The maximum Gasteiger partial charge on any atom is 0.191 e. The van der Waals surface area contributed by atoms with Crippen molar-refractivity contribution in [1.82, 2.24) is 10.6 Å². The van der Waals surface area contributed by atoms with Crippen LogP contribution in [0.3, 0.4) is 0 Å². The van der Waals surface area contributed by atoms with Gasteiger partial charge in [0, 0.05) is 25.7 Å². The molecule has 2 aromatic rings. The third-order valence-corrected chi connectivity index (χ3v) is 4.00. The molecule has 0 aliphatic heterocycles. The first kappa shape index (κ1) is 24.2. The molecule has 0 atom stereocenters. The lowest BCUT2D eigenvalue weighted by atomic mass is 10.2. The maximum atomic E-state index is 13.7. The Morgan fingerprint density at radius 3 is 2.50 bits per heavy atom. The van der Waals surface area contributed by atoms with Gasteiger partial charge in [-0.3, -0.25) is 4.99 Å². The van der Waals surface area contributed by atoms with E-state index in [1.807, 2.05) is 13.0 Å². The standard InChI is InChI=1S/C19H22ClF2N3O2.HI/c1-4-27-18-15(20)7-12(8-17(18)26-3)10-24-19(23-2)25-11-13-9-14(21)5-6-16(13)22;/h5-9H,4,10-11H2,1-3H3,(H2,23,24,25);1H. The van der Waals surface area contributed by atoms with Gasteiger partial charge in [0.05, 0.1) is 18.7 Å². The summed E-state index contributed by atoms with van der Waals surface area (Å²) in [5, 5.41) is 6.47. The average Bonchev–Trinajstić information content (AvgIpc) is 2.66. The van der Waals surface area contributed by atoms with Gasteiger partial charge in [-0.2, -0.15) is 0 Å². The van der Waals surface area contributed by atoms with Crippen LogP contribution in [0, 0.1) is 11.6 Å². The van der Waals surface area contributed by atoms with Crippen LogP contribution < -0.4 is 20.1 Å². The van der Waals surface area contributed by atoms with Crippen LogP contribution in [0.5, 0.6) is 11.5 Å². The van der Waals surface area contributed by atoms with E-state index in [-0.39, 0.29) is 36.1 Å². The smallest absolute Gasteiger partial charge is 0.191 e. The SMILES string of the molecule is CCOc1c(Cl)cc(CNC(=NC)NCc2cc(F)ccc2F)cc1OC.I. The largest absolute Gasteiger partial charge is 0.493 e. The van der Waals surface area contributed by atoms with Crippen molar-refractivity contribution in [2.75, 3.05) is 20.8 Å². The first-order valence-electron chi connectivity index (χ1n) is 8.36. The molecule has 0 aliphatic rings. The molecule has 0 fully saturated rings. The van der Waals surface area contributed by atoms with Crippen LogP contribution in [0.2, 0.25) is 5.02 Å². The van der Waals surface area contributed by atoms with Crippen LogP contribution in [0.4, 0.5) is 8.78 Å². The molecule has 0 aromatic heterocycles. The van der Waals surface area contributed by atoms with Gasteiger partial charge in [-0.1, -0.05) is 11.6 Å². The van der Waals surface area contributed by atoms with E-state index in [4.69, 9.17) is 21.1 Å². The lowest BCUT2D eigenvalue weighted by Gasteiger charge is -2.15. The summed E-state index contributed by atoms with van der Waals surface area (Å²) in [6.45, 7) is 2.83. The Morgan fingerprint density at radius 1 is 1.14 bits per heavy atom. The first-order valence-corrected chi connectivity index (χ1v) is 8.73. The number of aliphatic imine (C=N–C) groups is 1. The highest BCUT2D eigenvalue weighted by atomic mass is 127. The van der Waals surface area contributed by atoms with Crippen molar-refractivity contribution < 1.29 is 18.3 Å². The zero-order valence-electron chi connectivity index (χ0n) is 15.8. The topological polar surface area (TPSA) is 54.9 Å². The van der Waals surface area contributed by atoms with Crippen molar-refractivity contribution >= 4 is 41.5 Å². The molecule has 0 unspecified atom stereocenters. The number of ether oxygens (including phenoxy) is 2. The molecule has 28 heavy (non-hydrogen) atoms. The molecule has 2 N–H and O–H groups in total. The lowest BCUT2D eigenvalue weighted by molar-refractivity contribution is 0.311. The molecule has 0 bridgehead atoms. The summed E-state index contributed by atoms with van der Waals surface area (Å²) in [5.41, 5.74) is 1.06. The van der Waals surface area contributed by atoms with Crippen LogP contribution in [-0.2, 0) is 13.1 Å². The summed E-state index contributed by atoms with van der Waals surface area (Å²) in [4.78, 5) is 4.07. The fraction of sp³-hybridized carbons (Fsp3) is 0.316. The van der Waals surface area contributed by atoms with E-state index in [0.29, 0.717) is 35.6 Å². The van der Waals surface area contributed by atoms with Gasteiger partial charge >= 0.3 is 0 Å². The predicted molar refractivity (Wildman–Crippen MR) is 118 cm³/mol. The molecule has 0 saturated heterocycles. The third-order valence-electron chi connectivity index (χ3n) is 3.72. The molecule has 0 heterocycles. The van der Waals surface area contributed by atoms with E-state index in [9.17, 15) is 8.78 Å². The quantitative estimate of drug-likeness (QED) is 0.317. The Kier molecular flexibility index (Phi) is 10.3. The average molecular weight is 526 g/mol. The van der Waals surface area contributed by atoms with Gasteiger partial charge in [-0.15, -0.1) is 24.0 Å². The molecule has 0 amide bonds. The van der Waals surface area contributed by atoms with Gasteiger partial charge in [0.25, 0.3) is 0 Å². The Morgan fingerprint density at radius 2 is 1.86 bits per heavy atom. The second-order valence-electron chi connectivity index (χ2n) is 5.56. The number of nitrogens with zero attached hydrogens (tertiary/aromatic N) is 1. The molecule has 0 aliphatic carbocycles. The third kappa shape index (κ3) is 6.66. The number of rotatable bonds is 7. The molecule has 0 spiro atoms. The van der Waals surface area contributed by atoms with Crippen molar-refractivity contribution in [2.45, 2.75) is 20.0 Å². The highest BCUT2D eigenvalue weighted by Crippen LogP contribution is 2.36. The van der Waals surface area contributed by atoms with E-state index in [0.717, 1.165) is 23.8 Å². The van der Waals surface area contributed by atoms with Gasteiger partial charge in [0.1, 0.15) is 11.6 Å². The van der Waals surface area contributed by atoms with E-state index in [1.54, 1.807) is 20.2 Å². The van der Waals surface area contributed by atoms with Gasteiger partial charge in [-0.05, 0) is 42.8 Å². The van der Waals surface area contributed by atoms with E-state index >= 15 is 0 Å². The van der Waals surface area contributed by atoms with E-state index in [2.05, 4.69) is 15.6 Å². The molecular weight excluding hydrogens is 503 g/mol. The van der Waals surface area contributed by atoms with Gasteiger partial charge in [0.2, 0.25) is 0 Å². The molecule has 154 valence electrons. The van der Waals surface area contributed by atoms with Crippen molar-refractivity contribution in [3.63, 3.8) is 0 Å². The van der Waals surface area contributed by atoms with Gasteiger partial charge in [0.15, 0.2) is 17.5 Å². The summed E-state index contributed by atoms with van der Waals surface area (Å²) in [6.07, 6.45) is 0. The number of guanidine groups is 1. The van der Waals surface area contributed by atoms with Crippen molar-refractivity contribution in [2.24, 2.45) is 4.99 Å². The second kappa shape index (κ2) is 11.9. The zero-order valence-corrected chi connectivity index (χ0v) is 18.9. The summed E-state index contributed by atoms with van der Waals surface area (Å²) in [6, 6.07) is 6.89. The van der Waals surface area contributed by atoms with Crippen LogP contribution in [0.1, 0.15) is 18.1 Å². The second-order valence-corrected chi connectivity index (χ2v) is 5.96. The molecule has 2 rings (SSSR count). The Bertz CT molecular complexity index is 822. The Balaban J connectivity index is 0.00000392. The minimum atomic E-state index is -0.493. The normalized spacial score (nSPS) is 10.9. The van der Waals surface area contributed by atoms with Gasteiger partial charge in [-0.25, -0.2) is 8.78 Å². The number of nitrogens with one attached hydrogen (secondary N) is 2. The van der Waals surface area contributed by atoms with Gasteiger partial charge < -0.3 is 20.1 Å². The molecule has 9 heteroatoms. The molecule has 0 saturated carbocycles. The Hall–Kier alpha value is -1.81. The highest BCUT2D eigenvalue weighted by Gasteiger charge is 2.12.